The van der Waals surface area contributed by atoms with E-state index in [4.69, 9.17) is 4.74 Å². The van der Waals surface area contributed by atoms with Crippen molar-refractivity contribution in [2.24, 2.45) is 0 Å². The summed E-state index contributed by atoms with van der Waals surface area (Å²) >= 11 is 5.07. The number of thiophene rings is 1. The molecule has 1 N–H and O–H groups in total. The largest absolute Gasteiger partial charge is 0.488 e. The van der Waals surface area contributed by atoms with Gasteiger partial charge in [-0.3, -0.25) is 0 Å². The van der Waals surface area contributed by atoms with Gasteiger partial charge in [0.15, 0.2) is 0 Å². The molecule has 114 valence electrons. The third-order valence-electron chi connectivity index (χ3n) is 3.13. The van der Waals surface area contributed by atoms with E-state index in [9.17, 15) is 4.39 Å². The van der Waals surface area contributed by atoms with Gasteiger partial charge >= 0.3 is 0 Å². The number of hydrogen-bond donors (Lipinski definition) is 1. The summed E-state index contributed by atoms with van der Waals surface area (Å²) in [5, 5.41) is 5.39. The Morgan fingerprint density at radius 2 is 2.19 bits per heavy atom. The van der Waals surface area contributed by atoms with Gasteiger partial charge in [0.1, 0.15) is 18.2 Å². The Morgan fingerprint density at radius 3 is 2.86 bits per heavy atom. The summed E-state index contributed by atoms with van der Waals surface area (Å²) < 4.78 is 20.4. The number of benzene rings is 1. The Morgan fingerprint density at radius 1 is 1.38 bits per heavy atom. The van der Waals surface area contributed by atoms with Gasteiger partial charge in [-0.25, -0.2) is 4.39 Å². The zero-order valence-corrected chi connectivity index (χ0v) is 14.6. The Balaban J connectivity index is 2.10. The predicted octanol–water partition coefficient (Wildman–Crippen LogP) is 5.29. The van der Waals surface area contributed by atoms with Gasteiger partial charge in [-0.1, -0.05) is 6.92 Å². The molecule has 0 spiro atoms. The third kappa shape index (κ3) is 4.80. The molecule has 2 nitrogen and oxygen atoms in total. The summed E-state index contributed by atoms with van der Waals surface area (Å²) in [6.45, 7) is 5.53. The highest BCUT2D eigenvalue weighted by Crippen LogP contribution is 2.28. The average Bonchev–Trinajstić information content (AvgIpc) is 2.89. The molecule has 1 aromatic carbocycles. The normalized spacial score (nSPS) is 12.4. The minimum Gasteiger partial charge on any atom is -0.488 e. The molecule has 0 saturated carbocycles. The van der Waals surface area contributed by atoms with E-state index < -0.39 is 0 Å². The molecule has 0 saturated heterocycles. The van der Waals surface area contributed by atoms with E-state index >= 15 is 0 Å². The van der Waals surface area contributed by atoms with Crippen LogP contribution >= 0.6 is 27.3 Å². The molecule has 2 aromatic rings. The van der Waals surface area contributed by atoms with Crippen LogP contribution in [0.5, 0.6) is 5.75 Å². The van der Waals surface area contributed by atoms with E-state index in [0.717, 1.165) is 33.6 Å². The fourth-order valence-electron chi connectivity index (χ4n) is 2.04. The van der Waals surface area contributed by atoms with Gasteiger partial charge in [0.05, 0.1) is 0 Å². The molecule has 1 aromatic heterocycles. The Bertz CT molecular complexity index is 587. The van der Waals surface area contributed by atoms with Crippen molar-refractivity contribution in [3.05, 3.63) is 50.4 Å². The van der Waals surface area contributed by atoms with E-state index in [1.54, 1.807) is 23.5 Å². The molecule has 0 amide bonds. The van der Waals surface area contributed by atoms with Crippen LogP contribution in [0.1, 0.15) is 36.8 Å². The quantitative estimate of drug-likeness (QED) is 0.713. The highest BCUT2D eigenvalue weighted by atomic mass is 79.9. The van der Waals surface area contributed by atoms with E-state index in [1.807, 2.05) is 18.4 Å². The second-order valence-corrected chi connectivity index (χ2v) is 6.79. The number of halogens is 2. The average molecular weight is 372 g/mol. The third-order valence-corrected chi connectivity index (χ3v) is 4.80. The maximum Gasteiger partial charge on any atom is 0.124 e. The molecule has 0 aliphatic rings. The van der Waals surface area contributed by atoms with Crippen molar-refractivity contribution in [3.8, 4) is 5.75 Å². The van der Waals surface area contributed by atoms with E-state index in [0.29, 0.717) is 6.61 Å². The van der Waals surface area contributed by atoms with Gasteiger partial charge in [-0.05, 0) is 60.1 Å². The molecular weight excluding hydrogens is 353 g/mol. The molecule has 0 fully saturated rings. The van der Waals surface area contributed by atoms with Gasteiger partial charge in [0, 0.05) is 26.3 Å². The maximum atomic E-state index is 13.5. The lowest BCUT2D eigenvalue weighted by Crippen LogP contribution is -2.20. The first-order valence-electron chi connectivity index (χ1n) is 6.98. The summed E-state index contributed by atoms with van der Waals surface area (Å²) in [4.78, 5) is 1.13. The molecule has 0 bridgehead atoms. The van der Waals surface area contributed by atoms with Crippen molar-refractivity contribution in [3.63, 3.8) is 0 Å². The standard InChI is InChI=1S/C16H19BrFNOS/c1-3-6-19-11(2)15-8-13(18)4-5-16(15)20-9-14-7-12(17)10-21-14/h4-5,7-8,10-11,19H,3,6,9H2,1-2H3. The van der Waals surface area contributed by atoms with E-state index in [-0.39, 0.29) is 11.9 Å². The van der Waals surface area contributed by atoms with Gasteiger partial charge in [-0.15, -0.1) is 11.3 Å². The molecule has 2 rings (SSSR count). The van der Waals surface area contributed by atoms with Gasteiger partial charge in [0.25, 0.3) is 0 Å². The van der Waals surface area contributed by atoms with Crippen LogP contribution in [-0.2, 0) is 6.61 Å². The lowest BCUT2D eigenvalue weighted by atomic mass is 10.1. The Labute approximate surface area is 137 Å². The first kappa shape index (κ1) is 16.5. The fourth-order valence-corrected chi connectivity index (χ4v) is 3.40. The summed E-state index contributed by atoms with van der Waals surface area (Å²) in [7, 11) is 0. The number of hydrogen-bond acceptors (Lipinski definition) is 3. The molecular formula is C16H19BrFNOS. The lowest BCUT2D eigenvalue weighted by molar-refractivity contribution is 0.302. The summed E-state index contributed by atoms with van der Waals surface area (Å²) in [6.07, 6.45) is 1.04. The molecule has 0 aliphatic heterocycles. The summed E-state index contributed by atoms with van der Waals surface area (Å²) in [5.74, 6) is 0.499. The molecule has 21 heavy (non-hydrogen) atoms. The predicted molar refractivity (Wildman–Crippen MR) is 89.5 cm³/mol. The van der Waals surface area contributed by atoms with Gasteiger partial charge in [-0.2, -0.15) is 0 Å². The van der Waals surface area contributed by atoms with Crippen LogP contribution in [0.3, 0.4) is 0 Å². The SMILES string of the molecule is CCCNC(C)c1cc(F)ccc1OCc1cc(Br)cs1. The first-order valence-corrected chi connectivity index (χ1v) is 8.66. The van der Waals surface area contributed by atoms with Crippen LogP contribution in [-0.4, -0.2) is 6.54 Å². The zero-order valence-electron chi connectivity index (χ0n) is 12.2. The second kappa shape index (κ2) is 7.92. The van der Waals surface area contributed by atoms with Crippen molar-refractivity contribution in [2.75, 3.05) is 6.54 Å². The van der Waals surface area contributed by atoms with Crippen molar-refractivity contribution >= 4 is 27.3 Å². The molecule has 0 radical (unpaired) electrons. The minimum atomic E-state index is -0.235. The van der Waals surface area contributed by atoms with Crippen molar-refractivity contribution in [1.29, 1.82) is 0 Å². The number of nitrogens with one attached hydrogen (secondary N) is 1. The van der Waals surface area contributed by atoms with Crippen LogP contribution in [0, 0.1) is 5.82 Å². The van der Waals surface area contributed by atoms with Crippen molar-refractivity contribution in [2.45, 2.75) is 32.9 Å². The first-order chi connectivity index (χ1) is 10.1. The van der Waals surface area contributed by atoms with Crippen LogP contribution in [0.25, 0.3) is 0 Å². The Kier molecular flexibility index (Phi) is 6.21. The van der Waals surface area contributed by atoms with Crippen LogP contribution in [0.4, 0.5) is 4.39 Å². The molecule has 5 heteroatoms. The van der Waals surface area contributed by atoms with Crippen LogP contribution in [0.15, 0.2) is 34.1 Å². The number of ether oxygens (including phenoxy) is 1. The van der Waals surface area contributed by atoms with Crippen LogP contribution < -0.4 is 10.1 Å². The van der Waals surface area contributed by atoms with Crippen LogP contribution in [0.2, 0.25) is 0 Å². The second-order valence-electron chi connectivity index (χ2n) is 4.88. The smallest absolute Gasteiger partial charge is 0.124 e. The van der Waals surface area contributed by atoms with E-state index in [1.165, 1.54) is 6.07 Å². The van der Waals surface area contributed by atoms with Gasteiger partial charge in [0.2, 0.25) is 0 Å². The van der Waals surface area contributed by atoms with Gasteiger partial charge < -0.3 is 10.1 Å². The highest BCUT2D eigenvalue weighted by Gasteiger charge is 2.13. The zero-order chi connectivity index (χ0) is 15.2. The summed E-state index contributed by atoms with van der Waals surface area (Å²) in [6, 6.07) is 6.79. The molecule has 1 atom stereocenters. The van der Waals surface area contributed by atoms with Crippen molar-refractivity contribution < 1.29 is 9.13 Å². The fraction of sp³-hybridized carbons (Fsp3) is 0.375. The monoisotopic (exact) mass is 371 g/mol. The minimum absolute atomic E-state index is 0.0609. The topological polar surface area (TPSA) is 21.3 Å². The highest BCUT2D eigenvalue weighted by molar-refractivity contribution is 9.10. The number of rotatable bonds is 7. The summed E-state index contributed by atoms with van der Waals surface area (Å²) in [5.41, 5.74) is 0.860. The molecule has 1 unspecified atom stereocenters. The molecule has 1 heterocycles. The maximum absolute atomic E-state index is 13.5. The Hall–Kier alpha value is -0.910. The molecule has 0 aliphatic carbocycles. The lowest BCUT2D eigenvalue weighted by Gasteiger charge is -2.18. The van der Waals surface area contributed by atoms with E-state index in [2.05, 4.69) is 28.2 Å². The van der Waals surface area contributed by atoms with Crippen molar-refractivity contribution in [1.82, 2.24) is 5.32 Å².